The minimum absolute atomic E-state index is 0.122. The van der Waals surface area contributed by atoms with Crippen LogP contribution in [-0.2, 0) is 24.3 Å². The Morgan fingerprint density at radius 3 is 2.46 bits per heavy atom. The van der Waals surface area contributed by atoms with Crippen molar-refractivity contribution in [1.82, 2.24) is 19.7 Å². The Morgan fingerprint density at radius 1 is 1.04 bits per heavy atom. The Balaban J connectivity index is 1.33. The van der Waals surface area contributed by atoms with Crippen LogP contribution in [0, 0.1) is 0 Å². The number of carbonyl (C=O) groups is 2. The van der Waals surface area contributed by atoms with Gasteiger partial charge in [0.05, 0.1) is 0 Å². The van der Waals surface area contributed by atoms with E-state index in [-0.39, 0.29) is 24.2 Å². The number of nitrogens with zero attached hydrogens (tertiary/aromatic N) is 3. The van der Waals surface area contributed by atoms with Crippen molar-refractivity contribution in [2.24, 2.45) is 0 Å². The molecular formula is C19H24N6O3. The molecule has 3 amide bonds. The van der Waals surface area contributed by atoms with E-state index < -0.39 is 0 Å². The number of nitrogens with one attached hydrogen (secondary N) is 3. The third-order valence-electron chi connectivity index (χ3n) is 4.91. The van der Waals surface area contributed by atoms with E-state index in [4.69, 9.17) is 0 Å². The number of carbonyl (C=O) groups excluding carboxylic acids is 2. The molecule has 0 bridgehead atoms. The first-order valence-corrected chi connectivity index (χ1v) is 9.72. The lowest BCUT2D eigenvalue weighted by Gasteiger charge is -2.08. The van der Waals surface area contributed by atoms with Gasteiger partial charge >= 0.3 is 11.7 Å². The van der Waals surface area contributed by atoms with Crippen LogP contribution < -0.4 is 21.6 Å². The predicted molar refractivity (Wildman–Crippen MR) is 104 cm³/mol. The number of hydrogen-bond acceptors (Lipinski definition) is 4. The molecule has 28 heavy (non-hydrogen) atoms. The molecule has 1 aliphatic heterocycles. The summed E-state index contributed by atoms with van der Waals surface area (Å²) in [6.45, 7) is 0.543. The maximum atomic E-state index is 12.4. The molecule has 2 aromatic rings. The second-order valence-electron chi connectivity index (χ2n) is 7.32. The summed E-state index contributed by atoms with van der Waals surface area (Å²) in [5.41, 5.74) is 1.01. The minimum atomic E-state index is -0.317. The van der Waals surface area contributed by atoms with E-state index in [1.165, 1.54) is 4.68 Å². The van der Waals surface area contributed by atoms with Crippen LogP contribution in [-0.4, -0.2) is 32.3 Å². The van der Waals surface area contributed by atoms with Gasteiger partial charge in [0.2, 0.25) is 5.91 Å². The molecule has 1 aromatic heterocycles. The van der Waals surface area contributed by atoms with E-state index in [1.54, 1.807) is 28.8 Å². The van der Waals surface area contributed by atoms with Crippen LogP contribution in [0.1, 0.15) is 37.9 Å². The molecule has 0 spiro atoms. The summed E-state index contributed by atoms with van der Waals surface area (Å²) in [7, 11) is 0. The highest BCUT2D eigenvalue weighted by Gasteiger charge is 2.23. The summed E-state index contributed by atoms with van der Waals surface area (Å²) >= 11 is 0. The number of amides is 3. The zero-order chi connectivity index (χ0) is 19.5. The molecule has 0 atom stereocenters. The number of fused-ring (bicyclic) bond motifs is 1. The molecule has 0 radical (unpaired) electrons. The molecule has 1 saturated carbocycles. The fourth-order valence-electron chi connectivity index (χ4n) is 3.28. The van der Waals surface area contributed by atoms with Gasteiger partial charge in [-0.15, -0.1) is 0 Å². The lowest BCUT2D eigenvalue weighted by atomic mass is 10.2. The lowest BCUT2D eigenvalue weighted by Crippen LogP contribution is -2.30. The zero-order valence-corrected chi connectivity index (χ0v) is 15.6. The molecule has 2 heterocycles. The van der Waals surface area contributed by atoms with Crippen molar-refractivity contribution in [2.45, 2.75) is 57.7 Å². The van der Waals surface area contributed by atoms with Crippen molar-refractivity contribution >= 4 is 23.3 Å². The second-order valence-corrected chi connectivity index (χ2v) is 7.32. The molecule has 9 heteroatoms. The van der Waals surface area contributed by atoms with Gasteiger partial charge in [-0.1, -0.05) is 6.42 Å². The third-order valence-corrected chi connectivity index (χ3v) is 4.91. The van der Waals surface area contributed by atoms with E-state index in [9.17, 15) is 14.4 Å². The van der Waals surface area contributed by atoms with Gasteiger partial charge in [-0.05, 0) is 49.9 Å². The molecule has 2 aliphatic rings. The van der Waals surface area contributed by atoms with Crippen molar-refractivity contribution in [1.29, 1.82) is 0 Å². The quantitative estimate of drug-likeness (QED) is 0.729. The molecule has 9 nitrogen and oxygen atoms in total. The largest absolute Gasteiger partial charge is 0.346 e. The molecule has 0 saturated heterocycles. The fraction of sp³-hybridized carbons (Fsp3) is 0.474. The summed E-state index contributed by atoms with van der Waals surface area (Å²) < 4.78 is 2.90. The van der Waals surface area contributed by atoms with Crippen LogP contribution in [0.4, 0.5) is 16.2 Å². The molecule has 148 valence electrons. The number of anilines is 2. The van der Waals surface area contributed by atoms with Gasteiger partial charge < -0.3 is 16.0 Å². The Kier molecular flexibility index (Phi) is 5.14. The fourth-order valence-corrected chi connectivity index (χ4v) is 3.28. The first-order chi connectivity index (χ1) is 13.6. The van der Waals surface area contributed by atoms with Gasteiger partial charge in [0.25, 0.3) is 0 Å². The van der Waals surface area contributed by atoms with Gasteiger partial charge in [-0.25, -0.2) is 14.3 Å². The summed E-state index contributed by atoms with van der Waals surface area (Å²) in [6.07, 6.45) is 5.90. The minimum Gasteiger partial charge on any atom is -0.335 e. The van der Waals surface area contributed by atoms with Crippen LogP contribution in [0.15, 0.2) is 29.1 Å². The van der Waals surface area contributed by atoms with Crippen molar-refractivity contribution in [3.8, 4) is 0 Å². The lowest BCUT2D eigenvalue weighted by molar-refractivity contribution is -0.117. The van der Waals surface area contributed by atoms with Gasteiger partial charge in [0, 0.05) is 30.4 Å². The van der Waals surface area contributed by atoms with E-state index in [2.05, 4.69) is 21.0 Å². The van der Waals surface area contributed by atoms with Gasteiger partial charge in [-0.2, -0.15) is 5.10 Å². The number of aromatic nitrogens is 3. The van der Waals surface area contributed by atoms with Crippen LogP contribution in [0.25, 0.3) is 0 Å². The molecule has 4 rings (SSSR count). The highest BCUT2D eigenvalue weighted by Crippen LogP contribution is 2.19. The molecular weight excluding hydrogens is 360 g/mol. The molecule has 1 aromatic carbocycles. The van der Waals surface area contributed by atoms with Gasteiger partial charge in [-0.3, -0.25) is 9.36 Å². The van der Waals surface area contributed by atoms with E-state index in [0.717, 1.165) is 44.3 Å². The van der Waals surface area contributed by atoms with Crippen molar-refractivity contribution in [2.75, 3.05) is 10.6 Å². The van der Waals surface area contributed by atoms with Crippen LogP contribution in [0.2, 0.25) is 0 Å². The van der Waals surface area contributed by atoms with Crippen LogP contribution in [0.3, 0.4) is 0 Å². The molecule has 3 N–H and O–H groups in total. The standard InChI is InChI=1S/C19H24N6O3/c26-17(12-25-19(28)24-11-3-1-2-4-16(24)23-25)20-13-5-7-14(8-6-13)21-18(27)22-15-9-10-15/h5-8,15H,1-4,9-12H2,(H,20,26)(H2,21,22,27). The Hall–Kier alpha value is -3.10. The second kappa shape index (κ2) is 7.87. The van der Waals surface area contributed by atoms with E-state index in [0.29, 0.717) is 24.0 Å². The maximum absolute atomic E-state index is 12.4. The normalized spacial score (nSPS) is 16.0. The molecule has 1 aliphatic carbocycles. The zero-order valence-electron chi connectivity index (χ0n) is 15.6. The van der Waals surface area contributed by atoms with Gasteiger partial charge in [0.1, 0.15) is 12.4 Å². The molecule has 1 fully saturated rings. The number of urea groups is 1. The Morgan fingerprint density at radius 2 is 1.75 bits per heavy atom. The summed E-state index contributed by atoms with van der Waals surface area (Å²) in [6, 6.07) is 6.91. The number of rotatable bonds is 5. The Bertz CT molecular complexity index is 926. The van der Waals surface area contributed by atoms with E-state index >= 15 is 0 Å². The summed E-state index contributed by atoms with van der Waals surface area (Å²) in [5.74, 6) is 0.442. The smallest absolute Gasteiger partial charge is 0.335 e. The van der Waals surface area contributed by atoms with Crippen LogP contribution >= 0.6 is 0 Å². The average molecular weight is 384 g/mol. The highest BCUT2D eigenvalue weighted by atomic mass is 16.2. The van der Waals surface area contributed by atoms with Crippen molar-refractivity contribution < 1.29 is 9.59 Å². The Labute approximate surface area is 162 Å². The first-order valence-electron chi connectivity index (χ1n) is 9.72. The van der Waals surface area contributed by atoms with E-state index in [1.807, 2.05) is 0 Å². The highest BCUT2D eigenvalue weighted by molar-refractivity contribution is 5.92. The maximum Gasteiger partial charge on any atom is 0.346 e. The number of benzene rings is 1. The van der Waals surface area contributed by atoms with Crippen molar-refractivity contribution in [3.63, 3.8) is 0 Å². The molecule has 0 unspecified atom stereocenters. The van der Waals surface area contributed by atoms with Crippen LogP contribution in [0.5, 0.6) is 0 Å². The monoisotopic (exact) mass is 384 g/mol. The summed E-state index contributed by atoms with van der Waals surface area (Å²) in [4.78, 5) is 36.5. The predicted octanol–water partition coefficient (Wildman–Crippen LogP) is 1.69. The average Bonchev–Trinajstić information content (AvgIpc) is 3.46. The third kappa shape index (κ3) is 4.41. The SMILES string of the molecule is O=C(Cn1nc2n(c1=O)CCCCC2)Nc1ccc(NC(=O)NC2CC2)cc1. The van der Waals surface area contributed by atoms with Gasteiger partial charge in [0.15, 0.2) is 0 Å². The number of aryl methyl sites for hydroxylation is 1. The van der Waals surface area contributed by atoms with Crippen molar-refractivity contribution in [3.05, 3.63) is 40.6 Å². The summed E-state index contributed by atoms with van der Waals surface area (Å²) in [5, 5.41) is 12.7. The first kappa shape index (κ1) is 18.3. The topological polar surface area (TPSA) is 110 Å². The number of hydrogen-bond donors (Lipinski definition) is 3.